The second kappa shape index (κ2) is 8.52. The zero-order chi connectivity index (χ0) is 17.6. The van der Waals surface area contributed by atoms with E-state index < -0.39 is 6.10 Å². The van der Waals surface area contributed by atoms with Crippen molar-refractivity contribution in [3.05, 3.63) is 59.4 Å². The number of aliphatic hydroxyl groups excluding tert-OH is 1. The van der Waals surface area contributed by atoms with Crippen molar-refractivity contribution in [2.45, 2.75) is 6.10 Å². The lowest BCUT2D eigenvalue weighted by atomic mass is 10.2. The van der Waals surface area contributed by atoms with Gasteiger partial charge in [0.05, 0.1) is 5.69 Å². The van der Waals surface area contributed by atoms with Crippen molar-refractivity contribution in [2.75, 3.05) is 44.2 Å². The first-order valence-electron chi connectivity index (χ1n) is 8.40. The van der Waals surface area contributed by atoms with Crippen molar-refractivity contribution in [1.29, 1.82) is 0 Å². The Labute approximate surface area is 152 Å². The Morgan fingerprint density at radius 3 is 2.40 bits per heavy atom. The van der Waals surface area contributed by atoms with E-state index in [9.17, 15) is 9.50 Å². The smallest absolute Gasteiger partial charge is 0.146 e. The van der Waals surface area contributed by atoms with Crippen LogP contribution in [0.4, 0.5) is 10.1 Å². The van der Waals surface area contributed by atoms with Crippen molar-refractivity contribution in [3.8, 4) is 5.75 Å². The molecule has 0 saturated carbocycles. The van der Waals surface area contributed by atoms with Gasteiger partial charge in [-0.25, -0.2) is 4.39 Å². The molecule has 1 N–H and O–H groups in total. The summed E-state index contributed by atoms with van der Waals surface area (Å²) in [7, 11) is 0. The molecule has 0 bridgehead atoms. The van der Waals surface area contributed by atoms with Crippen LogP contribution < -0.4 is 9.64 Å². The quantitative estimate of drug-likeness (QED) is 0.854. The predicted molar refractivity (Wildman–Crippen MR) is 98.0 cm³/mol. The van der Waals surface area contributed by atoms with Crippen LogP contribution in [0.15, 0.2) is 48.5 Å². The molecule has 6 heteroatoms. The molecule has 4 nitrogen and oxygen atoms in total. The lowest BCUT2D eigenvalue weighted by Gasteiger charge is -2.36. The second-order valence-corrected chi connectivity index (χ2v) is 6.59. The maximum atomic E-state index is 13.8. The van der Waals surface area contributed by atoms with Crippen molar-refractivity contribution >= 4 is 17.3 Å². The normalized spacial score (nSPS) is 16.7. The van der Waals surface area contributed by atoms with Crippen molar-refractivity contribution in [3.63, 3.8) is 0 Å². The maximum Gasteiger partial charge on any atom is 0.146 e. The molecule has 1 heterocycles. The van der Waals surface area contributed by atoms with E-state index in [1.807, 2.05) is 11.0 Å². The molecule has 0 radical (unpaired) electrons. The number of aliphatic hydroxyl groups is 1. The number of para-hydroxylation sites is 1. The predicted octanol–water partition coefficient (Wildman–Crippen LogP) is 3.04. The van der Waals surface area contributed by atoms with Gasteiger partial charge in [-0.3, -0.25) is 4.90 Å². The molecule has 1 aliphatic rings. The fraction of sp³-hybridized carbons (Fsp3) is 0.368. The Kier molecular flexibility index (Phi) is 6.13. The van der Waals surface area contributed by atoms with Crippen LogP contribution in [0.2, 0.25) is 5.02 Å². The standard InChI is InChI=1S/C19H22ClFN2O2/c20-15-5-7-17(8-6-15)25-14-16(24)13-22-9-11-23(12-10-22)19-4-2-1-3-18(19)21/h1-8,16,24H,9-14H2/t16-/m0/s1. The highest BCUT2D eigenvalue weighted by molar-refractivity contribution is 6.30. The van der Waals surface area contributed by atoms with Crippen molar-refractivity contribution < 1.29 is 14.2 Å². The molecule has 1 fully saturated rings. The van der Waals surface area contributed by atoms with Gasteiger partial charge in [-0.15, -0.1) is 0 Å². The maximum absolute atomic E-state index is 13.8. The minimum atomic E-state index is -0.573. The molecule has 0 aromatic heterocycles. The molecule has 2 aromatic rings. The summed E-state index contributed by atoms with van der Waals surface area (Å²) in [5, 5.41) is 10.8. The lowest BCUT2D eigenvalue weighted by Crippen LogP contribution is -2.49. The molecule has 2 aromatic carbocycles. The van der Waals surface area contributed by atoms with Gasteiger partial charge in [-0.05, 0) is 36.4 Å². The number of anilines is 1. The molecule has 1 aliphatic heterocycles. The summed E-state index contributed by atoms with van der Waals surface area (Å²) in [5.41, 5.74) is 0.647. The first-order valence-corrected chi connectivity index (χ1v) is 8.78. The Morgan fingerprint density at radius 2 is 1.72 bits per heavy atom. The molecule has 25 heavy (non-hydrogen) atoms. The summed E-state index contributed by atoms with van der Waals surface area (Å²) in [6, 6.07) is 13.9. The van der Waals surface area contributed by atoms with E-state index in [4.69, 9.17) is 16.3 Å². The summed E-state index contributed by atoms with van der Waals surface area (Å²) >= 11 is 5.83. The first-order chi connectivity index (χ1) is 12.1. The molecule has 1 saturated heterocycles. The summed E-state index contributed by atoms with van der Waals surface area (Å²) in [4.78, 5) is 4.22. The van der Waals surface area contributed by atoms with Crippen LogP contribution in [0.5, 0.6) is 5.75 Å². The summed E-state index contributed by atoms with van der Waals surface area (Å²) in [6.07, 6.45) is -0.573. The number of benzene rings is 2. The number of hydrogen-bond acceptors (Lipinski definition) is 4. The van der Waals surface area contributed by atoms with Gasteiger partial charge in [0.15, 0.2) is 0 Å². The van der Waals surface area contributed by atoms with Gasteiger partial charge in [0, 0.05) is 37.7 Å². The highest BCUT2D eigenvalue weighted by Gasteiger charge is 2.21. The van der Waals surface area contributed by atoms with E-state index >= 15 is 0 Å². The number of rotatable bonds is 6. The fourth-order valence-electron chi connectivity index (χ4n) is 2.95. The van der Waals surface area contributed by atoms with Crippen LogP contribution in [-0.2, 0) is 0 Å². The van der Waals surface area contributed by atoms with Gasteiger partial charge in [0.1, 0.15) is 24.3 Å². The molecule has 134 valence electrons. The van der Waals surface area contributed by atoms with E-state index in [2.05, 4.69) is 4.90 Å². The van der Waals surface area contributed by atoms with Gasteiger partial charge >= 0.3 is 0 Å². The van der Waals surface area contributed by atoms with Crippen LogP contribution in [0.3, 0.4) is 0 Å². The fourth-order valence-corrected chi connectivity index (χ4v) is 3.08. The Bertz CT molecular complexity index is 675. The number of nitrogens with zero attached hydrogens (tertiary/aromatic N) is 2. The number of halogens is 2. The average molecular weight is 365 g/mol. The van der Waals surface area contributed by atoms with Crippen molar-refractivity contribution in [1.82, 2.24) is 4.90 Å². The topological polar surface area (TPSA) is 35.9 Å². The van der Waals surface area contributed by atoms with Crippen LogP contribution in [0.1, 0.15) is 0 Å². The minimum absolute atomic E-state index is 0.188. The summed E-state index contributed by atoms with van der Waals surface area (Å²) in [5.74, 6) is 0.500. The molecule has 0 unspecified atom stereocenters. The molecular weight excluding hydrogens is 343 g/mol. The van der Waals surface area contributed by atoms with Crippen molar-refractivity contribution in [2.24, 2.45) is 0 Å². The van der Waals surface area contributed by atoms with Gasteiger partial charge in [-0.2, -0.15) is 0 Å². The van der Waals surface area contributed by atoms with Gasteiger partial charge in [0.2, 0.25) is 0 Å². The second-order valence-electron chi connectivity index (χ2n) is 6.16. The molecular formula is C19H22ClFN2O2. The summed E-state index contributed by atoms with van der Waals surface area (Å²) < 4.78 is 19.4. The molecule has 0 amide bonds. The molecule has 1 atom stereocenters. The summed E-state index contributed by atoms with van der Waals surface area (Å²) in [6.45, 7) is 3.82. The zero-order valence-electron chi connectivity index (χ0n) is 13.9. The van der Waals surface area contributed by atoms with Crippen LogP contribution >= 0.6 is 11.6 Å². The van der Waals surface area contributed by atoms with E-state index in [-0.39, 0.29) is 12.4 Å². The third-order valence-corrected chi connectivity index (χ3v) is 4.54. The molecule has 0 aliphatic carbocycles. The van der Waals surface area contributed by atoms with Gasteiger partial charge < -0.3 is 14.7 Å². The highest BCUT2D eigenvalue weighted by atomic mass is 35.5. The van der Waals surface area contributed by atoms with E-state index in [1.54, 1.807) is 36.4 Å². The highest BCUT2D eigenvalue weighted by Crippen LogP contribution is 2.20. The first kappa shape index (κ1) is 18.0. The van der Waals surface area contributed by atoms with E-state index in [1.165, 1.54) is 6.07 Å². The number of piperazine rings is 1. The van der Waals surface area contributed by atoms with Gasteiger partial charge in [-0.1, -0.05) is 23.7 Å². The van der Waals surface area contributed by atoms with Crippen LogP contribution in [-0.4, -0.2) is 55.4 Å². The average Bonchev–Trinajstić information content (AvgIpc) is 2.62. The third-order valence-electron chi connectivity index (χ3n) is 4.29. The number of ether oxygens (including phenoxy) is 1. The largest absolute Gasteiger partial charge is 0.491 e. The van der Waals surface area contributed by atoms with Crippen LogP contribution in [0.25, 0.3) is 0 Å². The van der Waals surface area contributed by atoms with E-state index in [0.29, 0.717) is 23.0 Å². The SMILES string of the molecule is O[C@H](COc1ccc(Cl)cc1)CN1CCN(c2ccccc2F)CC1. The number of hydrogen-bond donors (Lipinski definition) is 1. The lowest BCUT2D eigenvalue weighted by molar-refractivity contribution is 0.0662. The number of β-amino-alcohol motifs (C(OH)–C–C–N with tert-alkyl or cyclic N) is 1. The minimum Gasteiger partial charge on any atom is -0.491 e. The Hall–Kier alpha value is -1.82. The van der Waals surface area contributed by atoms with Gasteiger partial charge in [0.25, 0.3) is 0 Å². The zero-order valence-corrected chi connectivity index (χ0v) is 14.7. The monoisotopic (exact) mass is 364 g/mol. The Balaban J connectivity index is 1.42. The molecule has 0 spiro atoms. The van der Waals surface area contributed by atoms with Crippen LogP contribution in [0, 0.1) is 5.82 Å². The van der Waals surface area contributed by atoms with E-state index in [0.717, 1.165) is 26.2 Å². The third kappa shape index (κ3) is 5.08. The Morgan fingerprint density at radius 1 is 1.04 bits per heavy atom. The molecule has 3 rings (SSSR count).